The lowest BCUT2D eigenvalue weighted by Gasteiger charge is -2.36. The summed E-state index contributed by atoms with van der Waals surface area (Å²) in [6, 6.07) is 8.19. The number of carbonyl (C=O) groups is 1. The highest BCUT2D eigenvalue weighted by Crippen LogP contribution is 2.49. The number of ether oxygens (including phenoxy) is 1. The van der Waals surface area contributed by atoms with Crippen LogP contribution in [0.1, 0.15) is 56.9 Å². The molecule has 3 nitrogen and oxygen atoms in total. The molecule has 0 bridgehead atoms. The largest absolute Gasteiger partial charge is 0.444 e. The van der Waals surface area contributed by atoms with Gasteiger partial charge < -0.3 is 4.74 Å². The van der Waals surface area contributed by atoms with Crippen LogP contribution in [-0.2, 0) is 9.53 Å². The Morgan fingerprint density at radius 1 is 1.23 bits per heavy atom. The molecule has 0 aliphatic heterocycles. The Balaban J connectivity index is 1.57. The number of halogens is 1. The third kappa shape index (κ3) is 3.54. The highest BCUT2D eigenvalue weighted by Gasteiger charge is 2.47. The molecule has 2 fully saturated rings. The number of rotatable bonds is 4. The Labute approximate surface area is 140 Å². The van der Waals surface area contributed by atoms with Gasteiger partial charge in [-0.3, -0.25) is 10.5 Å². The van der Waals surface area contributed by atoms with E-state index >= 15 is 0 Å². The molecule has 1 aromatic rings. The molecule has 4 heteroatoms. The molecule has 1 aromatic carbocycles. The minimum absolute atomic E-state index is 0.0207. The molecule has 0 amide bonds. The Morgan fingerprint density at radius 3 is 2.50 bits per heavy atom. The first-order chi connectivity index (χ1) is 10.5. The average Bonchev–Trinajstić information content (AvgIpc) is 3.29. The second-order valence-corrected chi connectivity index (χ2v) is 7.86. The normalized spacial score (nSPS) is 28.0. The fourth-order valence-corrected chi connectivity index (χ4v) is 3.85. The van der Waals surface area contributed by atoms with Gasteiger partial charge in [-0.15, -0.1) is 0 Å². The van der Waals surface area contributed by atoms with Gasteiger partial charge in [0.25, 0.3) is 0 Å². The molecule has 2 aliphatic rings. The van der Waals surface area contributed by atoms with Crippen molar-refractivity contribution in [3.8, 4) is 0 Å². The highest BCUT2D eigenvalue weighted by atomic mass is 79.9. The maximum atomic E-state index is 12.4. The third-order valence-electron chi connectivity index (χ3n) is 5.13. The summed E-state index contributed by atoms with van der Waals surface area (Å²) in [7, 11) is 0. The number of esters is 1. The molecule has 0 saturated heterocycles. The van der Waals surface area contributed by atoms with Crippen LogP contribution < -0.4 is 5.73 Å². The van der Waals surface area contributed by atoms with Gasteiger partial charge >= 0.3 is 5.97 Å². The van der Waals surface area contributed by atoms with E-state index in [0.29, 0.717) is 11.8 Å². The number of benzene rings is 1. The second kappa shape index (κ2) is 6.32. The Hall–Kier alpha value is -0.870. The quantitative estimate of drug-likeness (QED) is 0.637. The van der Waals surface area contributed by atoms with Gasteiger partial charge in [-0.1, -0.05) is 47.3 Å². The summed E-state index contributed by atoms with van der Waals surface area (Å²) in [5, 5.41) is 0. The van der Waals surface area contributed by atoms with E-state index in [9.17, 15) is 4.79 Å². The van der Waals surface area contributed by atoms with Gasteiger partial charge in [0.1, 0.15) is 0 Å². The van der Waals surface area contributed by atoms with Crippen molar-refractivity contribution >= 4 is 21.9 Å². The van der Waals surface area contributed by atoms with E-state index in [1.54, 1.807) is 0 Å². The number of hydrogen-bond donors (Lipinski definition) is 1. The Bertz CT molecular complexity index is 535. The smallest absolute Gasteiger partial charge is 0.311 e. The summed E-state index contributed by atoms with van der Waals surface area (Å²) in [4.78, 5) is 12.4. The lowest BCUT2D eigenvalue weighted by molar-refractivity contribution is -0.166. The van der Waals surface area contributed by atoms with Crippen molar-refractivity contribution < 1.29 is 9.53 Å². The van der Waals surface area contributed by atoms with Gasteiger partial charge in [0, 0.05) is 10.4 Å². The number of carbonyl (C=O) groups excluding carboxylic acids is 1. The maximum Gasteiger partial charge on any atom is 0.311 e. The summed E-state index contributed by atoms with van der Waals surface area (Å²) in [5.41, 5.74) is 6.71. The van der Waals surface area contributed by atoms with E-state index in [2.05, 4.69) is 28.1 Å². The zero-order valence-corrected chi connectivity index (χ0v) is 14.6. The van der Waals surface area contributed by atoms with Gasteiger partial charge in [-0.2, -0.15) is 0 Å². The molecule has 0 heterocycles. The van der Waals surface area contributed by atoms with Crippen LogP contribution in [0.5, 0.6) is 0 Å². The first kappa shape index (κ1) is 16.0. The molecule has 0 spiro atoms. The van der Waals surface area contributed by atoms with Gasteiger partial charge in [-0.25, -0.2) is 0 Å². The Morgan fingerprint density at radius 2 is 1.86 bits per heavy atom. The maximum absolute atomic E-state index is 12.4. The molecule has 0 radical (unpaired) electrons. The van der Waals surface area contributed by atoms with Crippen LogP contribution in [0.15, 0.2) is 28.7 Å². The first-order valence-corrected chi connectivity index (χ1v) is 9.04. The predicted octanol–water partition coefficient (Wildman–Crippen LogP) is 4.35. The first-order valence-electron chi connectivity index (χ1n) is 8.24. The van der Waals surface area contributed by atoms with E-state index in [1.807, 2.05) is 19.1 Å². The number of nitrogens with two attached hydrogens (primary N) is 1. The third-order valence-corrected chi connectivity index (χ3v) is 5.66. The SMILES string of the molecule is C[C@@](N)(OC(=O)C1CC1c1ccc(Br)cc1)C1CCCCC1. The zero-order chi connectivity index (χ0) is 15.7. The van der Waals surface area contributed by atoms with Crippen molar-refractivity contribution in [1.82, 2.24) is 0 Å². The number of hydrogen-bond acceptors (Lipinski definition) is 3. The van der Waals surface area contributed by atoms with E-state index in [4.69, 9.17) is 10.5 Å². The summed E-state index contributed by atoms with van der Waals surface area (Å²) in [6.07, 6.45) is 6.68. The van der Waals surface area contributed by atoms with Crippen LogP contribution in [-0.4, -0.2) is 11.7 Å². The minimum atomic E-state index is -0.815. The van der Waals surface area contributed by atoms with Crippen LogP contribution in [0.25, 0.3) is 0 Å². The monoisotopic (exact) mass is 365 g/mol. The lowest BCUT2D eigenvalue weighted by Crippen LogP contribution is -2.49. The van der Waals surface area contributed by atoms with Gasteiger partial charge in [0.15, 0.2) is 5.72 Å². The van der Waals surface area contributed by atoms with Gasteiger partial charge in [-0.05, 0) is 49.8 Å². The standard InChI is InChI=1S/C18H24BrNO2/c1-18(20,13-5-3-2-4-6-13)22-17(21)16-11-15(16)12-7-9-14(19)10-8-12/h7-10,13,15-16H,2-6,11,20H2,1H3/t15?,16?,18-/m1/s1. The van der Waals surface area contributed by atoms with E-state index < -0.39 is 5.72 Å². The predicted molar refractivity (Wildman–Crippen MR) is 90.2 cm³/mol. The Kier molecular flexibility index (Phi) is 4.60. The molecule has 3 atom stereocenters. The van der Waals surface area contributed by atoms with Gasteiger partial charge in [0.05, 0.1) is 5.92 Å². The summed E-state index contributed by atoms with van der Waals surface area (Å²) >= 11 is 3.43. The summed E-state index contributed by atoms with van der Waals surface area (Å²) in [6.45, 7) is 1.87. The van der Waals surface area contributed by atoms with Crippen molar-refractivity contribution in [1.29, 1.82) is 0 Å². The molecule has 2 unspecified atom stereocenters. The lowest BCUT2D eigenvalue weighted by atomic mass is 9.82. The van der Waals surface area contributed by atoms with E-state index in [-0.39, 0.29) is 11.9 Å². The molecule has 3 rings (SSSR count). The molecule has 0 aromatic heterocycles. The molecule has 120 valence electrons. The topological polar surface area (TPSA) is 52.3 Å². The van der Waals surface area contributed by atoms with E-state index in [0.717, 1.165) is 23.7 Å². The van der Waals surface area contributed by atoms with E-state index in [1.165, 1.54) is 24.8 Å². The van der Waals surface area contributed by atoms with Crippen LogP contribution in [0.2, 0.25) is 0 Å². The van der Waals surface area contributed by atoms with Crippen molar-refractivity contribution in [2.75, 3.05) is 0 Å². The summed E-state index contributed by atoms with van der Waals surface area (Å²) in [5.74, 6) is 0.453. The average molecular weight is 366 g/mol. The minimum Gasteiger partial charge on any atom is -0.444 e. The van der Waals surface area contributed by atoms with Crippen LogP contribution >= 0.6 is 15.9 Å². The van der Waals surface area contributed by atoms with Crippen molar-refractivity contribution in [2.24, 2.45) is 17.6 Å². The van der Waals surface area contributed by atoms with Crippen LogP contribution in [0, 0.1) is 11.8 Å². The second-order valence-electron chi connectivity index (χ2n) is 6.94. The van der Waals surface area contributed by atoms with Crippen molar-refractivity contribution in [3.05, 3.63) is 34.3 Å². The van der Waals surface area contributed by atoms with Crippen LogP contribution in [0.3, 0.4) is 0 Å². The molecule has 2 N–H and O–H groups in total. The summed E-state index contributed by atoms with van der Waals surface area (Å²) < 4.78 is 6.76. The molecule has 2 aliphatic carbocycles. The molecular formula is C18H24BrNO2. The molecular weight excluding hydrogens is 342 g/mol. The fraction of sp³-hybridized carbons (Fsp3) is 0.611. The van der Waals surface area contributed by atoms with Gasteiger partial charge in [0.2, 0.25) is 0 Å². The molecule has 22 heavy (non-hydrogen) atoms. The van der Waals surface area contributed by atoms with Crippen LogP contribution in [0.4, 0.5) is 0 Å². The highest BCUT2D eigenvalue weighted by molar-refractivity contribution is 9.10. The molecule has 2 saturated carbocycles. The zero-order valence-electron chi connectivity index (χ0n) is 13.1. The van der Waals surface area contributed by atoms with Crippen molar-refractivity contribution in [2.45, 2.75) is 57.1 Å². The fourth-order valence-electron chi connectivity index (χ4n) is 3.59. The van der Waals surface area contributed by atoms with Crippen molar-refractivity contribution in [3.63, 3.8) is 0 Å².